The molecule has 2 atom stereocenters. The highest BCUT2D eigenvalue weighted by Gasteiger charge is 2.54. The molecule has 2 aliphatic rings. The van der Waals surface area contributed by atoms with Crippen LogP contribution >= 0.6 is 23.2 Å². The molecule has 0 bridgehead atoms. The molecular weight excluding hydrogens is 484 g/mol. The Morgan fingerprint density at radius 3 is 2.59 bits per heavy atom. The first-order valence-corrected chi connectivity index (χ1v) is 10.3. The number of alkyl halides is 5. The maximum absolute atomic E-state index is 13.8. The van der Waals surface area contributed by atoms with E-state index in [0.29, 0.717) is 9.47 Å². The van der Waals surface area contributed by atoms with Crippen molar-refractivity contribution in [1.82, 2.24) is 24.2 Å². The molecule has 32 heavy (non-hydrogen) atoms. The van der Waals surface area contributed by atoms with Crippen LogP contribution in [0.25, 0.3) is 0 Å². The van der Waals surface area contributed by atoms with Crippen molar-refractivity contribution in [3.05, 3.63) is 44.3 Å². The van der Waals surface area contributed by atoms with Gasteiger partial charge in [-0.15, -0.1) is 0 Å². The number of halogens is 7. The fourth-order valence-corrected chi connectivity index (χ4v) is 4.52. The summed E-state index contributed by atoms with van der Waals surface area (Å²) in [6.07, 6.45) is -4.90. The van der Waals surface area contributed by atoms with Crippen molar-refractivity contribution in [1.29, 1.82) is 0 Å². The first kappa shape index (κ1) is 23.0. The van der Waals surface area contributed by atoms with Gasteiger partial charge in [0.2, 0.25) is 5.91 Å². The summed E-state index contributed by atoms with van der Waals surface area (Å²) in [5, 5.41) is 4.43. The second-order valence-corrected chi connectivity index (χ2v) is 8.65. The summed E-state index contributed by atoms with van der Waals surface area (Å²) in [7, 11) is 0. The van der Waals surface area contributed by atoms with Gasteiger partial charge in [-0.3, -0.25) is 14.3 Å². The van der Waals surface area contributed by atoms with Gasteiger partial charge in [0.15, 0.2) is 0 Å². The lowest BCUT2D eigenvalue weighted by Crippen LogP contribution is -2.49. The van der Waals surface area contributed by atoms with E-state index in [4.69, 9.17) is 23.2 Å². The number of hydrogen-bond donors (Lipinski definition) is 0. The van der Waals surface area contributed by atoms with E-state index in [0.717, 1.165) is 4.68 Å². The van der Waals surface area contributed by atoms with Crippen LogP contribution in [0.2, 0.25) is 10.0 Å². The van der Waals surface area contributed by atoms with E-state index in [9.17, 15) is 31.5 Å². The van der Waals surface area contributed by atoms with Gasteiger partial charge in [0.25, 0.3) is 5.92 Å². The molecule has 1 saturated heterocycles. The van der Waals surface area contributed by atoms with E-state index in [2.05, 4.69) is 10.1 Å². The third-order valence-electron chi connectivity index (χ3n) is 5.62. The summed E-state index contributed by atoms with van der Waals surface area (Å²) in [6, 6.07) is -0.631. The Morgan fingerprint density at radius 2 is 2.00 bits per heavy atom. The number of likely N-dealkylation sites (tertiary alicyclic amines) is 1. The summed E-state index contributed by atoms with van der Waals surface area (Å²) in [5.41, 5.74) is -0.783. The largest absolute Gasteiger partial charge is 0.394 e. The number of carbonyl (C=O) groups is 1. The maximum atomic E-state index is 13.8. The maximum Gasteiger partial charge on any atom is 0.394 e. The van der Waals surface area contributed by atoms with Crippen LogP contribution in [-0.2, 0) is 17.8 Å². The topological polar surface area (TPSA) is 73.0 Å². The van der Waals surface area contributed by atoms with Crippen molar-refractivity contribution in [2.45, 2.75) is 43.9 Å². The molecule has 14 heteroatoms. The molecule has 2 aliphatic heterocycles. The fourth-order valence-electron chi connectivity index (χ4n) is 4.08. The molecule has 0 unspecified atom stereocenters. The van der Waals surface area contributed by atoms with Crippen LogP contribution in [0.15, 0.2) is 17.1 Å². The first-order chi connectivity index (χ1) is 14.9. The summed E-state index contributed by atoms with van der Waals surface area (Å²) in [5.74, 6) is -6.60. The number of aryl methyl sites for hydroxylation is 1. The molecule has 0 spiro atoms. The van der Waals surface area contributed by atoms with E-state index in [1.54, 1.807) is 0 Å². The van der Waals surface area contributed by atoms with Crippen LogP contribution in [-0.4, -0.2) is 55.3 Å². The molecule has 4 rings (SSSR count). The highest BCUT2D eigenvalue weighted by Crippen LogP contribution is 2.42. The molecule has 0 aromatic carbocycles. The normalized spacial score (nSPS) is 22.8. The lowest BCUT2D eigenvalue weighted by atomic mass is 9.89. The van der Waals surface area contributed by atoms with Crippen LogP contribution in [0.4, 0.5) is 22.0 Å². The summed E-state index contributed by atoms with van der Waals surface area (Å²) >= 11 is 11.8. The molecule has 0 aliphatic carbocycles. The smallest absolute Gasteiger partial charge is 0.335 e. The quantitative estimate of drug-likeness (QED) is 0.607. The minimum absolute atomic E-state index is 0.0371. The second kappa shape index (κ2) is 7.98. The Kier molecular flexibility index (Phi) is 5.73. The fraction of sp³-hybridized carbons (Fsp3) is 0.556. The predicted molar refractivity (Wildman–Crippen MR) is 103 cm³/mol. The second-order valence-electron chi connectivity index (χ2n) is 7.81. The van der Waals surface area contributed by atoms with Gasteiger partial charge < -0.3 is 4.90 Å². The Bertz CT molecular complexity index is 1120. The Labute approximate surface area is 187 Å². The molecule has 4 heterocycles. The molecule has 174 valence electrons. The molecule has 0 radical (unpaired) electrons. The van der Waals surface area contributed by atoms with Gasteiger partial charge in [-0.05, 0) is 12.5 Å². The number of carbonyl (C=O) groups excluding carboxylic acids is 1. The zero-order valence-electron chi connectivity index (χ0n) is 16.3. The number of fused-ring (bicyclic) bond motifs is 1. The van der Waals surface area contributed by atoms with Gasteiger partial charge in [0.05, 0.1) is 34.7 Å². The number of rotatable bonds is 3. The number of hydrogen-bond acceptors (Lipinski definition) is 4. The number of nitrogens with zero attached hydrogens (tertiary/aromatic N) is 5. The molecule has 2 aromatic rings. The van der Waals surface area contributed by atoms with Crippen LogP contribution < -0.4 is 5.69 Å². The predicted octanol–water partition coefficient (Wildman–Crippen LogP) is 3.33. The van der Waals surface area contributed by atoms with Gasteiger partial charge >= 0.3 is 11.9 Å². The Morgan fingerprint density at radius 1 is 1.28 bits per heavy atom. The van der Waals surface area contributed by atoms with Gasteiger partial charge in [-0.2, -0.15) is 18.3 Å². The lowest BCUT2D eigenvalue weighted by molar-refractivity contribution is -0.196. The van der Waals surface area contributed by atoms with Crippen molar-refractivity contribution in [2.75, 3.05) is 13.1 Å². The van der Waals surface area contributed by atoms with Gasteiger partial charge in [-0.1, -0.05) is 23.2 Å². The lowest BCUT2D eigenvalue weighted by Gasteiger charge is -2.34. The standard InChI is InChI=1S/C18H16Cl2F5N5O2/c19-9-5-11(20)12(26-6-9)7-29-16(32)30-13(27-29)2-1-10(18(23,24)25)14(30)15(31)28-4-3-17(21,22)8-28/h5-6,10,14H,1-4,7-8H2/t10-,14-/m1/s1. The zero-order chi connectivity index (χ0) is 23.4. The Hall–Kier alpha value is -2.21. The van der Waals surface area contributed by atoms with Crippen molar-refractivity contribution in [3.63, 3.8) is 0 Å². The summed E-state index contributed by atoms with van der Waals surface area (Å²) in [6.45, 7) is -1.65. The van der Waals surface area contributed by atoms with Crippen molar-refractivity contribution < 1.29 is 26.7 Å². The van der Waals surface area contributed by atoms with Crippen LogP contribution in [0.3, 0.4) is 0 Å². The first-order valence-electron chi connectivity index (χ1n) is 9.59. The molecule has 0 saturated carbocycles. The van der Waals surface area contributed by atoms with Crippen LogP contribution in [0.5, 0.6) is 0 Å². The van der Waals surface area contributed by atoms with E-state index in [1.807, 2.05) is 0 Å². The summed E-state index contributed by atoms with van der Waals surface area (Å²) in [4.78, 5) is 30.6. The SMILES string of the molecule is O=C([C@H]1[C@H](C(F)(F)F)CCc2nn(Cc3ncc(Cl)cc3Cl)c(=O)n21)N1CCC(F)(F)C1. The molecular formula is C18H16Cl2F5N5O2. The minimum Gasteiger partial charge on any atom is -0.335 e. The van der Waals surface area contributed by atoms with Crippen LogP contribution in [0.1, 0.15) is 30.4 Å². The summed E-state index contributed by atoms with van der Waals surface area (Å²) < 4.78 is 70.0. The minimum atomic E-state index is -4.82. The average molecular weight is 500 g/mol. The zero-order valence-corrected chi connectivity index (χ0v) is 17.8. The van der Waals surface area contributed by atoms with Gasteiger partial charge in [0, 0.05) is 25.6 Å². The van der Waals surface area contributed by atoms with E-state index in [-0.39, 0.29) is 34.5 Å². The molecule has 0 N–H and O–H groups in total. The Balaban J connectivity index is 1.74. The van der Waals surface area contributed by atoms with Gasteiger partial charge in [-0.25, -0.2) is 18.3 Å². The monoisotopic (exact) mass is 499 g/mol. The van der Waals surface area contributed by atoms with Gasteiger partial charge in [0.1, 0.15) is 11.9 Å². The average Bonchev–Trinajstić information content (AvgIpc) is 3.21. The molecule has 1 amide bonds. The number of pyridine rings is 1. The molecule has 2 aromatic heterocycles. The van der Waals surface area contributed by atoms with E-state index < -0.39 is 61.6 Å². The van der Waals surface area contributed by atoms with Crippen molar-refractivity contribution in [3.8, 4) is 0 Å². The number of amides is 1. The van der Waals surface area contributed by atoms with Crippen molar-refractivity contribution >= 4 is 29.1 Å². The third-order valence-corrected chi connectivity index (χ3v) is 6.15. The molecule has 1 fully saturated rings. The van der Waals surface area contributed by atoms with Crippen molar-refractivity contribution in [2.24, 2.45) is 5.92 Å². The van der Waals surface area contributed by atoms with E-state index >= 15 is 0 Å². The highest BCUT2D eigenvalue weighted by molar-refractivity contribution is 6.34. The molecule has 7 nitrogen and oxygen atoms in total. The van der Waals surface area contributed by atoms with E-state index in [1.165, 1.54) is 12.3 Å². The highest BCUT2D eigenvalue weighted by atomic mass is 35.5. The van der Waals surface area contributed by atoms with Crippen LogP contribution in [0, 0.1) is 5.92 Å². The third kappa shape index (κ3) is 4.21. The number of aromatic nitrogens is 4.